The van der Waals surface area contributed by atoms with Crippen LogP contribution in [0.4, 0.5) is 0 Å². The Labute approximate surface area is 146 Å². The van der Waals surface area contributed by atoms with Crippen LogP contribution in [0.25, 0.3) is 6.08 Å². The summed E-state index contributed by atoms with van der Waals surface area (Å²) in [6.45, 7) is 0. The summed E-state index contributed by atoms with van der Waals surface area (Å²) in [5.41, 5.74) is 0.969. The van der Waals surface area contributed by atoms with E-state index in [0.29, 0.717) is 11.3 Å². The molecular weight excluding hydrogens is 305 g/mol. The average Bonchev–Trinajstić information content (AvgIpc) is 3.00. The summed E-state index contributed by atoms with van der Waals surface area (Å²) in [6.07, 6.45) is 3.30. The van der Waals surface area contributed by atoms with Crippen LogP contribution in [0.3, 0.4) is 0 Å². The molecule has 3 rings (SSSR count). The normalized spacial score (nSPS) is 21.5. The second-order valence-electron chi connectivity index (χ2n) is 4.46. The van der Waals surface area contributed by atoms with Gasteiger partial charge in [0.15, 0.2) is 0 Å². The molecule has 104 valence electrons. The number of β-lactam (4-membered cyclic amide) rings is 1. The molecule has 0 unspecified atom stereocenters. The van der Waals surface area contributed by atoms with Crippen LogP contribution >= 0.6 is 11.8 Å². The Morgan fingerprint density at radius 3 is 2.81 bits per heavy atom. The first-order chi connectivity index (χ1) is 9.49. The van der Waals surface area contributed by atoms with Crippen LogP contribution in [0.15, 0.2) is 22.9 Å². The van der Waals surface area contributed by atoms with Gasteiger partial charge in [0.1, 0.15) is 11.1 Å². The van der Waals surface area contributed by atoms with Crippen LogP contribution in [-0.4, -0.2) is 51.3 Å². The molecule has 0 N–H and O–H groups in total. The second kappa shape index (κ2) is 5.84. The molecule has 3 heterocycles. The summed E-state index contributed by atoms with van der Waals surface area (Å²) < 4.78 is 0. The maximum atomic E-state index is 12.0. The van der Waals surface area contributed by atoms with Crippen molar-refractivity contribution >= 4 is 29.7 Å². The zero-order chi connectivity index (χ0) is 14.4. The number of fused-ring (bicyclic) bond motifs is 1. The van der Waals surface area contributed by atoms with Crippen molar-refractivity contribution in [2.45, 2.75) is 5.37 Å². The Kier molecular flexibility index (Phi) is 4.47. The number of aliphatic carboxylic acids is 1. The van der Waals surface area contributed by atoms with E-state index in [1.807, 2.05) is 14.1 Å². The molecule has 0 aromatic carbocycles. The van der Waals surface area contributed by atoms with Crippen molar-refractivity contribution < 1.29 is 44.3 Å². The first kappa shape index (κ1) is 16.1. The molecule has 1 fully saturated rings. The van der Waals surface area contributed by atoms with Gasteiger partial charge in [-0.3, -0.25) is 9.69 Å². The Balaban J connectivity index is 0.00000161. The first-order valence-corrected chi connectivity index (χ1v) is 6.65. The molecule has 0 aliphatic carbocycles. The van der Waals surface area contributed by atoms with Gasteiger partial charge in [-0.25, -0.2) is 0 Å². The number of carboxylic acids is 1. The number of carboxylic acid groups (broad SMARTS) is 1. The molecule has 1 saturated heterocycles. The van der Waals surface area contributed by atoms with Gasteiger partial charge in [0.25, 0.3) is 5.91 Å². The molecule has 0 spiro atoms. The number of carbonyl (C=O) groups excluding carboxylic acids is 2. The number of thioether (sulfide) groups is 1. The molecule has 0 saturated carbocycles. The quantitative estimate of drug-likeness (QED) is 0.314. The van der Waals surface area contributed by atoms with Gasteiger partial charge in [-0.05, 0) is 16.7 Å². The predicted molar refractivity (Wildman–Crippen MR) is 69.4 cm³/mol. The fraction of sp³-hybridized carbons (Fsp3) is 0.273. The third-order valence-electron chi connectivity index (χ3n) is 2.96. The molecular formula is C11H10N5NaO3S. The van der Waals surface area contributed by atoms with Crippen molar-refractivity contribution in [3.63, 3.8) is 0 Å². The zero-order valence-corrected chi connectivity index (χ0v) is 14.5. The van der Waals surface area contributed by atoms with Gasteiger partial charge >= 0.3 is 29.6 Å². The average molecular weight is 315 g/mol. The third-order valence-corrected chi connectivity index (χ3v) is 4.04. The zero-order valence-electron chi connectivity index (χ0n) is 11.7. The summed E-state index contributed by atoms with van der Waals surface area (Å²) in [7, 11) is 3.62. The van der Waals surface area contributed by atoms with Crippen LogP contribution in [0.5, 0.6) is 0 Å². The Bertz CT molecular complexity index is 669. The van der Waals surface area contributed by atoms with Crippen LogP contribution in [0.2, 0.25) is 0 Å². The Hall–Kier alpha value is -1.29. The van der Waals surface area contributed by atoms with E-state index in [-0.39, 0.29) is 46.5 Å². The third kappa shape index (κ3) is 2.61. The topological polar surface area (TPSA) is 94.4 Å². The molecule has 0 bridgehead atoms. The number of hydrogen-bond donors (Lipinski definition) is 0. The molecule has 0 radical (unpaired) electrons. The summed E-state index contributed by atoms with van der Waals surface area (Å²) in [5.74, 6) is -1.68. The Morgan fingerprint density at radius 1 is 1.52 bits per heavy atom. The minimum Gasteiger partial charge on any atom is -0.543 e. The van der Waals surface area contributed by atoms with Crippen molar-refractivity contribution in [3.05, 3.63) is 28.6 Å². The number of hydrogen-bond acceptors (Lipinski definition) is 7. The van der Waals surface area contributed by atoms with E-state index < -0.39 is 5.97 Å². The summed E-state index contributed by atoms with van der Waals surface area (Å²) in [6, 6.07) is 0. The maximum absolute atomic E-state index is 12.0. The SMILES string of the molecule is CN(C)n1cc(/C=C2\C(=O)N3C(C(=O)[O-])=CS[C@H]23)nn1.[Na+]. The number of nitrogens with zero attached hydrogens (tertiary/aromatic N) is 5. The Morgan fingerprint density at radius 2 is 2.24 bits per heavy atom. The molecule has 8 nitrogen and oxygen atoms in total. The molecule has 1 aromatic heterocycles. The number of carbonyl (C=O) groups is 2. The molecule has 1 aromatic rings. The van der Waals surface area contributed by atoms with Gasteiger partial charge in [-0.15, -0.1) is 16.9 Å². The van der Waals surface area contributed by atoms with E-state index in [0.717, 1.165) is 0 Å². The van der Waals surface area contributed by atoms with E-state index in [1.54, 1.807) is 17.3 Å². The minimum absolute atomic E-state index is 0. The van der Waals surface area contributed by atoms with Gasteiger partial charge in [-0.2, -0.15) is 4.79 Å². The first-order valence-electron chi connectivity index (χ1n) is 5.71. The second-order valence-corrected chi connectivity index (χ2v) is 5.42. The molecule has 2 aliphatic rings. The van der Waals surface area contributed by atoms with Crippen molar-refractivity contribution in [2.75, 3.05) is 19.1 Å². The number of rotatable bonds is 3. The standard InChI is InChI=1S/C11H11N5O3S.Na/c1-14(2)15-4-6(12-13-15)3-7-9(17)16-8(11(18)19)5-20-10(7)16;/h3-5,10H,1-2H3,(H,18,19);/q;+1/p-1/b7-3+;/t10-;/m1./s1. The fourth-order valence-electron chi connectivity index (χ4n) is 1.95. The van der Waals surface area contributed by atoms with Gasteiger partial charge < -0.3 is 14.9 Å². The van der Waals surface area contributed by atoms with E-state index in [9.17, 15) is 14.7 Å². The largest absolute Gasteiger partial charge is 1.00 e. The van der Waals surface area contributed by atoms with E-state index in [2.05, 4.69) is 10.3 Å². The van der Waals surface area contributed by atoms with Gasteiger partial charge in [0, 0.05) is 14.1 Å². The molecule has 2 aliphatic heterocycles. The molecule has 21 heavy (non-hydrogen) atoms. The smallest absolute Gasteiger partial charge is 0.543 e. The van der Waals surface area contributed by atoms with Gasteiger partial charge in [-0.1, -0.05) is 0 Å². The van der Waals surface area contributed by atoms with Crippen LogP contribution in [-0.2, 0) is 9.59 Å². The molecule has 10 heteroatoms. The predicted octanol–water partition coefficient (Wildman–Crippen LogP) is -4.63. The number of amides is 1. The molecule has 1 atom stereocenters. The van der Waals surface area contributed by atoms with Crippen molar-refractivity contribution in [1.82, 2.24) is 20.0 Å². The van der Waals surface area contributed by atoms with Gasteiger partial charge in [0.2, 0.25) is 0 Å². The fourth-order valence-corrected chi connectivity index (χ4v) is 3.06. The summed E-state index contributed by atoms with van der Waals surface area (Å²) >= 11 is 1.26. The van der Waals surface area contributed by atoms with Crippen LogP contribution in [0, 0.1) is 0 Å². The molecule has 1 amide bonds. The van der Waals surface area contributed by atoms with Crippen LogP contribution in [0.1, 0.15) is 5.69 Å². The monoisotopic (exact) mass is 315 g/mol. The van der Waals surface area contributed by atoms with Crippen molar-refractivity contribution in [3.8, 4) is 0 Å². The minimum atomic E-state index is -1.34. The van der Waals surface area contributed by atoms with Gasteiger partial charge in [0.05, 0.1) is 23.4 Å². The van der Waals surface area contributed by atoms with E-state index in [1.165, 1.54) is 26.9 Å². The van der Waals surface area contributed by atoms with E-state index >= 15 is 0 Å². The summed E-state index contributed by atoms with van der Waals surface area (Å²) in [4.78, 5) is 25.5. The van der Waals surface area contributed by atoms with E-state index in [4.69, 9.17) is 0 Å². The summed E-state index contributed by atoms with van der Waals surface area (Å²) in [5, 5.41) is 21.5. The maximum Gasteiger partial charge on any atom is 1.00 e. The number of aromatic nitrogens is 3. The van der Waals surface area contributed by atoms with Crippen molar-refractivity contribution in [2.24, 2.45) is 0 Å². The van der Waals surface area contributed by atoms with Crippen molar-refractivity contribution in [1.29, 1.82) is 0 Å². The van der Waals surface area contributed by atoms with Crippen LogP contribution < -0.4 is 39.7 Å².